The maximum Gasteiger partial charge on any atom is -0.0216 e. The summed E-state index contributed by atoms with van der Waals surface area (Å²) in [5.74, 6) is 0.568. The van der Waals surface area contributed by atoms with E-state index in [0.29, 0.717) is 5.92 Å². The SMILES string of the molecule is C=C/C(=C(/C)C=C(C)C)C(C)C. The molecule has 68 valence electrons. The zero-order valence-electron chi connectivity index (χ0n) is 8.94. The summed E-state index contributed by atoms with van der Waals surface area (Å²) in [6.07, 6.45) is 4.16. The Balaban J connectivity index is 4.85. The predicted molar refractivity (Wildman–Crippen MR) is 57.2 cm³/mol. The zero-order chi connectivity index (χ0) is 9.72. The molecule has 0 nitrogen and oxygen atoms in total. The lowest BCUT2D eigenvalue weighted by atomic mass is 9.97. The summed E-state index contributed by atoms with van der Waals surface area (Å²) < 4.78 is 0. The van der Waals surface area contributed by atoms with Gasteiger partial charge in [-0.2, -0.15) is 0 Å². The molecule has 12 heavy (non-hydrogen) atoms. The molecule has 0 amide bonds. The Kier molecular flexibility index (Phi) is 4.65. The molecule has 0 aliphatic heterocycles. The van der Waals surface area contributed by atoms with Gasteiger partial charge in [-0.1, -0.05) is 38.2 Å². The Labute approximate surface area is 76.7 Å². The third-order valence-electron chi connectivity index (χ3n) is 1.80. The fourth-order valence-electron chi connectivity index (χ4n) is 1.37. The average molecular weight is 164 g/mol. The van der Waals surface area contributed by atoms with Crippen molar-refractivity contribution in [2.24, 2.45) is 5.92 Å². The Hall–Kier alpha value is -0.780. The molecule has 0 rings (SSSR count). The fraction of sp³-hybridized carbons (Fsp3) is 0.500. The van der Waals surface area contributed by atoms with Crippen LogP contribution in [0.25, 0.3) is 0 Å². The number of hydrogen-bond acceptors (Lipinski definition) is 0. The number of hydrogen-bond donors (Lipinski definition) is 0. The van der Waals surface area contributed by atoms with Crippen molar-refractivity contribution in [3.8, 4) is 0 Å². The molecule has 0 aromatic heterocycles. The molecule has 0 aromatic carbocycles. The van der Waals surface area contributed by atoms with Crippen LogP contribution in [0.5, 0.6) is 0 Å². The smallest absolute Gasteiger partial charge is 0.0216 e. The standard InChI is InChI=1S/C12H20/c1-7-12(10(4)5)11(6)8-9(2)3/h7-8,10H,1H2,2-6H3/b12-11+. The Morgan fingerprint density at radius 1 is 1.17 bits per heavy atom. The number of allylic oxidation sites excluding steroid dienone is 5. The molecule has 0 saturated heterocycles. The average Bonchev–Trinajstić information content (AvgIpc) is 1.85. The quantitative estimate of drug-likeness (QED) is 0.551. The minimum Gasteiger partial charge on any atom is -0.0988 e. The van der Waals surface area contributed by atoms with Crippen molar-refractivity contribution >= 4 is 0 Å². The molecule has 0 saturated carbocycles. The highest BCUT2D eigenvalue weighted by molar-refractivity contribution is 5.33. The Bertz CT molecular complexity index is 210. The summed E-state index contributed by atoms with van der Waals surface area (Å²) in [7, 11) is 0. The van der Waals surface area contributed by atoms with Crippen LogP contribution in [0.4, 0.5) is 0 Å². The monoisotopic (exact) mass is 164 g/mol. The van der Waals surface area contributed by atoms with Gasteiger partial charge in [0.2, 0.25) is 0 Å². The van der Waals surface area contributed by atoms with Gasteiger partial charge in [-0.3, -0.25) is 0 Å². The lowest BCUT2D eigenvalue weighted by Gasteiger charge is -2.09. The molecule has 0 radical (unpaired) electrons. The van der Waals surface area contributed by atoms with Gasteiger partial charge < -0.3 is 0 Å². The molecule has 0 heteroatoms. The molecular formula is C12H20. The molecule has 0 bridgehead atoms. The molecule has 0 fully saturated rings. The van der Waals surface area contributed by atoms with E-state index in [0.717, 1.165) is 0 Å². The van der Waals surface area contributed by atoms with Crippen molar-refractivity contribution in [1.29, 1.82) is 0 Å². The van der Waals surface area contributed by atoms with Gasteiger partial charge in [0.1, 0.15) is 0 Å². The summed E-state index contributed by atoms with van der Waals surface area (Å²) in [5.41, 5.74) is 4.02. The summed E-state index contributed by atoms with van der Waals surface area (Å²) >= 11 is 0. The highest BCUT2D eigenvalue weighted by atomic mass is 14.1. The van der Waals surface area contributed by atoms with E-state index < -0.39 is 0 Å². The highest BCUT2D eigenvalue weighted by Gasteiger charge is 2.00. The maximum absolute atomic E-state index is 3.82. The molecule has 0 spiro atoms. The van der Waals surface area contributed by atoms with Crippen LogP contribution in [-0.2, 0) is 0 Å². The first kappa shape index (κ1) is 11.2. The van der Waals surface area contributed by atoms with E-state index in [1.807, 2.05) is 6.08 Å². The van der Waals surface area contributed by atoms with Crippen LogP contribution in [0.15, 0.2) is 35.5 Å². The van der Waals surface area contributed by atoms with Crippen LogP contribution in [0.1, 0.15) is 34.6 Å². The normalized spacial score (nSPS) is 12.5. The second-order valence-electron chi connectivity index (χ2n) is 3.72. The first-order chi connectivity index (χ1) is 5.49. The molecule has 0 unspecified atom stereocenters. The molecule has 0 aliphatic rings. The largest absolute Gasteiger partial charge is 0.0988 e. The first-order valence-electron chi connectivity index (χ1n) is 4.47. The summed E-state index contributed by atoms with van der Waals surface area (Å²) in [6.45, 7) is 14.6. The van der Waals surface area contributed by atoms with E-state index in [9.17, 15) is 0 Å². The van der Waals surface area contributed by atoms with Gasteiger partial charge in [-0.15, -0.1) is 0 Å². The third kappa shape index (κ3) is 3.56. The van der Waals surface area contributed by atoms with Crippen molar-refractivity contribution in [2.45, 2.75) is 34.6 Å². The van der Waals surface area contributed by atoms with Crippen molar-refractivity contribution in [3.05, 3.63) is 35.5 Å². The van der Waals surface area contributed by atoms with Gasteiger partial charge in [0.05, 0.1) is 0 Å². The summed E-state index contributed by atoms with van der Waals surface area (Å²) in [6, 6.07) is 0. The summed E-state index contributed by atoms with van der Waals surface area (Å²) in [4.78, 5) is 0. The van der Waals surface area contributed by atoms with Gasteiger partial charge in [0.25, 0.3) is 0 Å². The zero-order valence-corrected chi connectivity index (χ0v) is 8.94. The molecule has 0 N–H and O–H groups in total. The van der Waals surface area contributed by atoms with Crippen LogP contribution in [-0.4, -0.2) is 0 Å². The number of rotatable bonds is 3. The third-order valence-corrected chi connectivity index (χ3v) is 1.80. The molecule has 0 aliphatic carbocycles. The van der Waals surface area contributed by atoms with E-state index in [-0.39, 0.29) is 0 Å². The van der Waals surface area contributed by atoms with Crippen molar-refractivity contribution in [3.63, 3.8) is 0 Å². The maximum atomic E-state index is 3.82. The fourth-order valence-corrected chi connectivity index (χ4v) is 1.37. The van der Waals surface area contributed by atoms with E-state index in [4.69, 9.17) is 0 Å². The van der Waals surface area contributed by atoms with E-state index >= 15 is 0 Å². The lowest BCUT2D eigenvalue weighted by Crippen LogP contribution is -1.93. The minimum absolute atomic E-state index is 0.568. The molecular weight excluding hydrogens is 144 g/mol. The first-order valence-corrected chi connectivity index (χ1v) is 4.47. The van der Waals surface area contributed by atoms with E-state index in [2.05, 4.69) is 47.3 Å². The Morgan fingerprint density at radius 2 is 1.67 bits per heavy atom. The minimum atomic E-state index is 0.568. The van der Waals surface area contributed by atoms with Crippen molar-refractivity contribution in [2.75, 3.05) is 0 Å². The second-order valence-corrected chi connectivity index (χ2v) is 3.72. The van der Waals surface area contributed by atoms with Gasteiger partial charge in [0, 0.05) is 0 Å². The van der Waals surface area contributed by atoms with Crippen molar-refractivity contribution in [1.82, 2.24) is 0 Å². The van der Waals surface area contributed by atoms with E-state index in [1.54, 1.807) is 0 Å². The summed E-state index contributed by atoms with van der Waals surface area (Å²) in [5, 5.41) is 0. The Morgan fingerprint density at radius 3 is 1.92 bits per heavy atom. The molecule has 0 atom stereocenters. The van der Waals surface area contributed by atoms with Crippen LogP contribution in [0.3, 0.4) is 0 Å². The molecule has 0 heterocycles. The highest BCUT2D eigenvalue weighted by Crippen LogP contribution is 2.17. The van der Waals surface area contributed by atoms with Gasteiger partial charge in [-0.25, -0.2) is 0 Å². The lowest BCUT2D eigenvalue weighted by molar-refractivity contribution is 0.784. The van der Waals surface area contributed by atoms with Crippen LogP contribution >= 0.6 is 0 Å². The topological polar surface area (TPSA) is 0 Å². The van der Waals surface area contributed by atoms with E-state index in [1.165, 1.54) is 16.7 Å². The van der Waals surface area contributed by atoms with Crippen LogP contribution in [0.2, 0.25) is 0 Å². The predicted octanol–water partition coefficient (Wildman–Crippen LogP) is 4.11. The van der Waals surface area contributed by atoms with Crippen molar-refractivity contribution < 1.29 is 0 Å². The van der Waals surface area contributed by atoms with Gasteiger partial charge in [-0.05, 0) is 37.8 Å². The van der Waals surface area contributed by atoms with Gasteiger partial charge in [0.15, 0.2) is 0 Å². The molecule has 0 aromatic rings. The van der Waals surface area contributed by atoms with Gasteiger partial charge >= 0.3 is 0 Å². The van der Waals surface area contributed by atoms with Crippen LogP contribution < -0.4 is 0 Å². The van der Waals surface area contributed by atoms with Crippen LogP contribution in [0, 0.1) is 5.92 Å². The second kappa shape index (κ2) is 4.97.